The molecule has 2 heterocycles. The van der Waals surface area contributed by atoms with Crippen molar-refractivity contribution in [1.29, 1.82) is 0 Å². The summed E-state index contributed by atoms with van der Waals surface area (Å²) in [5.41, 5.74) is 10.3. The number of hydrogen-bond acceptors (Lipinski definition) is 6. The van der Waals surface area contributed by atoms with Gasteiger partial charge in [-0.3, -0.25) is 14.0 Å². The van der Waals surface area contributed by atoms with Crippen molar-refractivity contribution >= 4 is 23.3 Å². The summed E-state index contributed by atoms with van der Waals surface area (Å²) in [7, 11) is 1.34. The number of anilines is 1. The highest BCUT2D eigenvalue weighted by Gasteiger charge is 2.17. The molecule has 8 nitrogen and oxygen atoms in total. The molecule has 0 radical (unpaired) electrons. The number of nitrogens with zero attached hydrogens (tertiary/aromatic N) is 2. The highest BCUT2D eigenvalue weighted by molar-refractivity contribution is 5.95. The Morgan fingerprint density at radius 1 is 1.03 bits per heavy atom. The Labute approximate surface area is 191 Å². The number of fused-ring (bicyclic) bond motifs is 1. The van der Waals surface area contributed by atoms with E-state index in [1.807, 2.05) is 59.0 Å². The fourth-order valence-electron chi connectivity index (χ4n) is 3.53. The zero-order valence-corrected chi connectivity index (χ0v) is 18.2. The van der Waals surface area contributed by atoms with Crippen LogP contribution >= 0.6 is 0 Å². The number of carbonyl (C=O) groups excluding carboxylic acids is 2. The summed E-state index contributed by atoms with van der Waals surface area (Å²) in [4.78, 5) is 29.2. The van der Waals surface area contributed by atoms with E-state index >= 15 is 0 Å². The number of aromatic nitrogens is 2. The van der Waals surface area contributed by atoms with E-state index in [4.69, 9.17) is 15.5 Å². The summed E-state index contributed by atoms with van der Waals surface area (Å²) in [5, 5.41) is 6.05. The first-order valence-corrected chi connectivity index (χ1v) is 10.5. The number of nitrogens with one attached hydrogen (secondary N) is 2. The van der Waals surface area contributed by atoms with Crippen LogP contribution in [0.15, 0.2) is 72.9 Å². The first-order chi connectivity index (χ1) is 16.1. The van der Waals surface area contributed by atoms with Gasteiger partial charge in [0.05, 0.1) is 7.11 Å². The normalized spacial score (nSPS) is 10.7. The van der Waals surface area contributed by atoms with Crippen LogP contribution in [0.3, 0.4) is 0 Å². The van der Waals surface area contributed by atoms with Gasteiger partial charge in [0.1, 0.15) is 23.7 Å². The van der Waals surface area contributed by atoms with E-state index in [2.05, 4.69) is 10.6 Å². The van der Waals surface area contributed by atoms with Crippen LogP contribution in [0.2, 0.25) is 0 Å². The molecule has 4 N–H and O–H groups in total. The van der Waals surface area contributed by atoms with Crippen molar-refractivity contribution in [3.8, 4) is 11.3 Å². The molecule has 2 aromatic heterocycles. The van der Waals surface area contributed by atoms with Crippen molar-refractivity contribution in [1.82, 2.24) is 14.7 Å². The number of methoxy groups -OCH3 is 1. The lowest BCUT2D eigenvalue weighted by atomic mass is 10.1. The van der Waals surface area contributed by atoms with Gasteiger partial charge < -0.3 is 21.1 Å². The molecule has 4 aromatic rings. The summed E-state index contributed by atoms with van der Waals surface area (Å²) in [6.07, 6.45) is 1.76. The summed E-state index contributed by atoms with van der Waals surface area (Å²) >= 11 is 0. The lowest BCUT2D eigenvalue weighted by molar-refractivity contribution is -0.138. The zero-order valence-electron chi connectivity index (χ0n) is 18.2. The van der Waals surface area contributed by atoms with Crippen LogP contribution in [0.25, 0.3) is 16.9 Å². The minimum Gasteiger partial charge on any atom is -0.468 e. The SMILES string of the molecule is COC(=O)CNc1c(-c2ccccc2)nc2cc(C(=O)NCc3cccc(CN)c3)ccn12. The number of pyridine rings is 1. The average Bonchev–Trinajstić information content (AvgIpc) is 3.24. The molecule has 4 rings (SSSR count). The van der Waals surface area contributed by atoms with Gasteiger partial charge in [-0.25, -0.2) is 4.98 Å². The van der Waals surface area contributed by atoms with E-state index in [1.54, 1.807) is 18.3 Å². The second-order valence-electron chi connectivity index (χ2n) is 7.46. The Balaban J connectivity index is 1.61. The van der Waals surface area contributed by atoms with Gasteiger partial charge in [-0.15, -0.1) is 0 Å². The number of imidazole rings is 1. The van der Waals surface area contributed by atoms with Crippen molar-refractivity contribution < 1.29 is 14.3 Å². The molecule has 1 amide bonds. The van der Waals surface area contributed by atoms with Gasteiger partial charge in [-0.05, 0) is 23.3 Å². The number of hydrogen-bond donors (Lipinski definition) is 3. The van der Waals surface area contributed by atoms with Crippen LogP contribution in [0.1, 0.15) is 21.5 Å². The maximum Gasteiger partial charge on any atom is 0.325 e. The van der Waals surface area contributed by atoms with Crippen LogP contribution in [-0.2, 0) is 22.6 Å². The molecule has 0 bridgehead atoms. The van der Waals surface area contributed by atoms with Crippen molar-refractivity contribution in [2.45, 2.75) is 13.1 Å². The predicted molar refractivity (Wildman–Crippen MR) is 127 cm³/mol. The van der Waals surface area contributed by atoms with Gasteiger partial charge in [0, 0.05) is 30.4 Å². The number of benzene rings is 2. The Morgan fingerprint density at radius 2 is 1.82 bits per heavy atom. The van der Waals surface area contributed by atoms with Crippen molar-refractivity contribution in [3.63, 3.8) is 0 Å². The number of ether oxygens (including phenoxy) is 1. The molecule has 0 aliphatic heterocycles. The number of rotatable bonds is 8. The van der Waals surface area contributed by atoms with E-state index in [0.717, 1.165) is 16.7 Å². The van der Waals surface area contributed by atoms with Crippen molar-refractivity contribution in [3.05, 3.63) is 89.6 Å². The highest BCUT2D eigenvalue weighted by Crippen LogP contribution is 2.29. The molecule has 8 heteroatoms. The quantitative estimate of drug-likeness (QED) is 0.361. The molecule has 0 saturated heterocycles. The third-order valence-corrected chi connectivity index (χ3v) is 5.24. The summed E-state index contributed by atoms with van der Waals surface area (Å²) in [6.45, 7) is 0.843. The summed E-state index contributed by atoms with van der Waals surface area (Å²) < 4.78 is 6.56. The van der Waals surface area contributed by atoms with Gasteiger partial charge in [0.15, 0.2) is 0 Å². The Kier molecular flexibility index (Phi) is 6.66. The largest absolute Gasteiger partial charge is 0.468 e. The first kappa shape index (κ1) is 22.0. The van der Waals surface area contributed by atoms with Crippen molar-refractivity contribution in [2.24, 2.45) is 5.73 Å². The zero-order chi connectivity index (χ0) is 23.2. The van der Waals surface area contributed by atoms with Gasteiger partial charge in [-0.2, -0.15) is 0 Å². The Morgan fingerprint density at radius 3 is 2.58 bits per heavy atom. The van der Waals surface area contributed by atoms with Gasteiger partial charge >= 0.3 is 5.97 Å². The van der Waals surface area contributed by atoms with E-state index in [-0.39, 0.29) is 12.5 Å². The van der Waals surface area contributed by atoms with Gasteiger partial charge in [0.25, 0.3) is 5.91 Å². The topological polar surface area (TPSA) is 111 Å². The van der Waals surface area contributed by atoms with E-state index in [1.165, 1.54) is 7.11 Å². The van der Waals surface area contributed by atoms with Crippen LogP contribution in [-0.4, -0.2) is 34.9 Å². The van der Waals surface area contributed by atoms with Crippen LogP contribution in [0.5, 0.6) is 0 Å². The summed E-state index contributed by atoms with van der Waals surface area (Å²) in [5.74, 6) is 0.0507. The van der Waals surface area contributed by atoms with Crippen LogP contribution < -0.4 is 16.4 Å². The molecular weight excluding hydrogens is 418 g/mol. The standard InChI is InChI=1S/C25H25N5O3/c1-33-22(31)16-27-24-23(19-8-3-2-4-9-19)29-21-13-20(10-11-30(21)24)25(32)28-15-18-7-5-6-17(12-18)14-26/h2-13,27H,14-16,26H2,1H3,(H,28,32). The second kappa shape index (κ2) is 9.97. The minimum absolute atomic E-state index is 0.00573. The number of carbonyl (C=O) groups is 2. The van der Waals surface area contributed by atoms with Crippen LogP contribution in [0, 0.1) is 0 Å². The third kappa shape index (κ3) is 5.02. The number of nitrogens with two attached hydrogens (primary N) is 1. The third-order valence-electron chi connectivity index (χ3n) is 5.24. The van der Waals surface area contributed by atoms with E-state index < -0.39 is 5.97 Å². The molecule has 0 unspecified atom stereocenters. The summed E-state index contributed by atoms with van der Waals surface area (Å²) in [6, 6.07) is 20.9. The average molecular weight is 444 g/mol. The maximum absolute atomic E-state index is 12.8. The first-order valence-electron chi connectivity index (χ1n) is 10.5. The maximum atomic E-state index is 12.8. The van der Waals surface area contributed by atoms with Crippen molar-refractivity contribution in [2.75, 3.05) is 19.0 Å². The molecule has 0 fully saturated rings. The second-order valence-corrected chi connectivity index (χ2v) is 7.46. The van der Waals surface area contributed by atoms with E-state index in [0.29, 0.717) is 35.8 Å². The van der Waals surface area contributed by atoms with E-state index in [9.17, 15) is 9.59 Å². The molecule has 33 heavy (non-hydrogen) atoms. The van der Waals surface area contributed by atoms with Gasteiger partial charge in [-0.1, -0.05) is 54.6 Å². The fraction of sp³-hybridized carbons (Fsp3) is 0.160. The molecule has 2 aromatic carbocycles. The Hall–Kier alpha value is -4.17. The molecular formula is C25H25N5O3. The smallest absolute Gasteiger partial charge is 0.325 e. The molecule has 0 spiro atoms. The highest BCUT2D eigenvalue weighted by atomic mass is 16.5. The lowest BCUT2D eigenvalue weighted by Crippen LogP contribution is -2.23. The van der Waals surface area contributed by atoms with Gasteiger partial charge in [0.2, 0.25) is 0 Å². The number of esters is 1. The molecule has 0 atom stereocenters. The Bertz CT molecular complexity index is 1280. The predicted octanol–water partition coefficient (Wildman–Crippen LogP) is 2.97. The van der Waals surface area contributed by atoms with Crippen LogP contribution in [0.4, 0.5) is 5.82 Å². The molecule has 0 aliphatic carbocycles. The molecule has 168 valence electrons. The number of amides is 1. The minimum atomic E-state index is -0.390. The fourth-order valence-corrected chi connectivity index (χ4v) is 3.53. The molecule has 0 saturated carbocycles. The lowest BCUT2D eigenvalue weighted by Gasteiger charge is -2.09. The molecule has 0 aliphatic rings. The monoisotopic (exact) mass is 443 g/mol.